The van der Waals surface area contributed by atoms with Gasteiger partial charge >= 0.3 is 0 Å². The van der Waals surface area contributed by atoms with Crippen LogP contribution in [0.4, 0.5) is 0 Å². The average molecular weight is 326 g/mol. The lowest BCUT2D eigenvalue weighted by Crippen LogP contribution is -2.31. The third-order valence-corrected chi connectivity index (χ3v) is 5.05. The summed E-state index contributed by atoms with van der Waals surface area (Å²) in [4.78, 5) is 0. The lowest BCUT2D eigenvalue weighted by atomic mass is 9.84. The first-order valence-electron chi connectivity index (χ1n) is 7.26. The summed E-state index contributed by atoms with van der Waals surface area (Å²) in [6, 6.07) is 6.19. The van der Waals surface area contributed by atoms with E-state index in [4.69, 9.17) is 4.74 Å². The van der Waals surface area contributed by atoms with Crippen molar-refractivity contribution in [3.63, 3.8) is 0 Å². The summed E-state index contributed by atoms with van der Waals surface area (Å²) in [5.41, 5.74) is 1.23. The van der Waals surface area contributed by atoms with Crippen LogP contribution in [0.5, 0.6) is 5.75 Å². The molecule has 0 aromatic heterocycles. The Morgan fingerprint density at radius 2 is 2.11 bits per heavy atom. The third kappa shape index (κ3) is 4.50. The molecule has 1 aliphatic rings. The number of aryl methyl sites for hydroxylation is 1. The Bertz CT molecular complexity index is 402. The second kappa shape index (κ2) is 7.30. The van der Waals surface area contributed by atoms with Gasteiger partial charge in [-0.2, -0.15) is 0 Å². The van der Waals surface area contributed by atoms with Crippen LogP contribution < -0.4 is 10.1 Å². The van der Waals surface area contributed by atoms with Gasteiger partial charge in [-0.3, -0.25) is 0 Å². The Morgan fingerprint density at radius 1 is 1.37 bits per heavy atom. The minimum Gasteiger partial charge on any atom is -0.494 e. The molecule has 0 aliphatic carbocycles. The Balaban J connectivity index is 1.74. The lowest BCUT2D eigenvalue weighted by Gasteiger charge is -2.28. The molecular weight excluding hydrogens is 302 g/mol. The van der Waals surface area contributed by atoms with Crippen LogP contribution in [0.25, 0.3) is 0 Å². The van der Waals surface area contributed by atoms with E-state index in [1.165, 1.54) is 31.5 Å². The summed E-state index contributed by atoms with van der Waals surface area (Å²) in [5, 5.41) is 3.43. The quantitative estimate of drug-likeness (QED) is 0.877. The second-order valence-electron chi connectivity index (χ2n) is 5.61. The molecule has 1 aromatic rings. The van der Waals surface area contributed by atoms with Crippen molar-refractivity contribution >= 4 is 15.9 Å². The predicted octanol–water partition coefficient (Wildman–Crippen LogP) is 4.16. The summed E-state index contributed by atoms with van der Waals surface area (Å²) in [6.45, 7) is 7.65. The van der Waals surface area contributed by atoms with E-state index in [9.17, 15) is 0 Å². The number of piperidine rings is 1. The number of benzene rings is 1. The summed E-state index contributed by atoms with van der Waals surface area (Å²) in [5.74, 6) is 2.62. The van der Waals surface area contributed by atoms with Crippen LogP contribution in [-0.4, -0.2) is 19.7 Å². The molecule has 19 heavy (non-hydrogen) atoms. The highest BCUT2D eigenvalue weighted by molar-refractivity contribution is 9.10. The van der Waals surface area contributed by atoms with Crippen LogP contribution in [0.15, 0.2) is 22.7 Å². The number of nitrogens with one attached hydrogen (secondary N) is 1. The van der Waals surface area contributed by atoms with E-state index in [1.807, 2.05) is 6.07 Å². The molecule has 0 amide bonds. The van der Waals surface area contributed by atoms with E-state index in [1.54, 1.807) is 0 Å². The van der Waals surface area contributed by atoms with E-state index in [2.05, 4.69) is 47.2 Å². The topological polar surface area (TPSA) is 21.3 Å². The number of ether oxygens (including phenoxy) is 1. The molecule has 1 heterocycles. The maximum atomic E-state index is 5.87. The van der Waals surface area contributed by atoms with Crippen molar-refractivity contribution in [1.82, 2.24) is 5.32 Å². The van der Waals surface area contributed by atoms with E-state index >= 15 is 0 Å². The number of hydrogen-bond acceptors (Lipinski definition) is 2. The molecule has 0 spiro atoms. The van der Waals surface area contributed by atoms with Gasteiger partial charge < -0.3 is 10.1 Å². The zero-order valence-electron chi connectivity index (χ0n) is 11.9. The van der Waals surface area contributed by atoms with Crippen LogP contribution in [0, 0.1) is 18.8 Å². The Labute approximate surface area is 125 Å². The highest BCUT2D eigenvalue weighted by Gasteiger charge is 2.19. The van der Waals surface area contributed by atoms with E-state index in [0.29, 0.717) is 0 Å². The molecule has 0 bridgehead atoms. The maximum absolute atomic E-state index is 5.87. The van der Waals surface area contributed by atoms with E-state index in [-0.39, 0.29) is 0 Å². The molecule has 0 unspecified atom stereocenters. The minimum absolute atomic E-state index is 0.763. The van der Waals surface area contributed by atoms with Crippen LogP contribution in [0.1, 0.15) is 31.7 Å². The monoisotopic (exact) mass is 325 g/mol. The summed E-state index contributed by atoms with van der Waals surface area (Å²) < 4.78 is 7.01. The van der Waals surface area contributed by atoms with Gasteiger partial charge in [0.25, 0.3) is 0 Å². The molecule has 0 radical (unpaired) electrons. The minimum atomic E-state index is 0.763. The maximum Gasteiger partial charge on any atom is 0.119 e. The lowest BCUT2D eigenvalue weighted by molar-refractivity contribution is 0.216. The van der Waals surface area contributed by atoms with Gasteiger partial charge in [0.05, 0.1) is 6.61 Å². The SMILES string of the molecule is Cc1cc(OCC[C@H](C)C2CCNCC2)ccc1Br. The standard InChI is InChI=1S/C16H24BrNO/c1-12(14-5-8-18-9-6-14)7-10-19-15-3-4-16(17)13(2)11-15/h3-4,11-12,14,18H,5-10H2,1-2H3/t12-/m0/s1. The van der Waals surface area contributed by atoms with Crippen molar-refractivity contribution < 1.29 is 4.74 Å². The van der Waals surface area contributed by atoms with Crippen molar-refractivity contribution in [1.29, 1.82) is 0 Å². The smallest absolute Gasteiger partial charge is 0.119 e. The Kier molecular flexibility index (Phi) is 5.71. The van der Waals surface area contributed by atoms with Crippen molar-refractivity contribution in [3.8, 4) is 5.75 Å². The zero-order chi connectivity index (χ0) is 13.7. The van der Waals surface area contributed by atoms with Gasteiger partial charge in [-0.05, 0) is 74.9 Å². The van der Waals surface area contributed by atoms with Gasteiger partial charge in [0.2, 0.25) is 0 Å². The number of hydrogen-bond donors (Lipinski definition) is 1. The molecule has 1 atom stereocenters. The van der Waals surface area contributed by atoms with Crippen LogP contribution in [0.3, 0.4) is 0 Å². The first-order valence-corrected chi connectivity index (χ1v) is 8.06. The molecule has 1 N–H and O–H groups in total. The summed E-state index contributed by atoms with van der Waals surface area (Å²) >= 11 is 3.51. The third-order valence-electron chi connectivity index (χ3n) is 4.16. The van der Waals surface area contributed by atoms with Crippen molar-refractivity contribution in [2.75, 3.05) is 19.7 Å². The molecule has 1 saturated heterocycles. The van der Waals surface area contributed by atoms with Crippen LogP contribution in [-0.2, 0) is 0 Å². The normalized spacial score (nSPS) is 18.3. The first kappa shape index (κ1) is 14.9. The molecule has 1 aromatic carbocycles. The predicted molar refractivity (Wildman–Crippen MR) is 83.7 cm³/mol. The van der Waals surface area contributed by atoms with Gasteiger partial charge in [0, 0.05) is 4.47 Å². The summed E-state index contributed by atoms with van der Waals surface area (Å²) in [6.07, 6.45) is 3.79. The van der Waals surface area contributed by atoms with Crippen molar-refractivity contribution in [2.24, 2.45) is 11.8 Å². The number of halogens is 1. The highest BCUT2D eigenvalue weighted by atomic mass is 79.9. The molecule has 2 nitrogen and oxygen atoms in total. The van der Waals surface area contributed by atoms with Gasteiger partial charge in [-0.15, -0.1) is 0 Å². The molecular formula is C16H24BrNO. The average Bonchev–Trinajstić information content (AvgIpc) is 2.43. The fourth-order valence-corrected chi connectivity index (χ4v) is 2.97. The van der Waals surface area contributed by atoms with Crippen molar-refractivity contribution in [3.05, 3.63) is 28.2 Å². The van der Waals surface area contributed by atoms with Crippen LogP contribution in [0.2, 0.25) is 0 Å². The number of rotatable bonds is 5. The molecule has 2 rings (SSSR count). The van der Waals surface area contributed by atoms with Gasteiger partial charge in [0.15, 0.2) is 0 Å². The molecule has 1 fully saturated rings. The van der Waals surface area contributed by atoms with Crippen LogP contribution >= 0.6 is 15.9 Å². The molecule has 1 aliphatic heterocycles. The fraction of sp³-hybridized carbons (Fsp3) is 0.625. The second-order valence-corrected chi connectivity index (χ2v) is 6.47. The Morgan fingerprint density at radius 3 is 2.79 bits per heavy atom. The first-order chi connectivity index (χ1) is 9.16. The van der Waals surface area contributed by atoms with Gasteiger partial charge in [-0.25, -0.2) is 0 Å². The molecule has 3 heteroatoms. The molecule has 106 valence electrons. The van der Waals surface area contributed by atoms with E-state index in [0.717, 1.165) is 35.1 Å². The van der Waals surface area contributed by atoms with Gasteiger partial charge in [0.1, 0.15) is 5.75 Å². The largest absolute Gasteiger partial charge is 0.494 e. The Hall–Kier alpha value is -0.540. The highest BCUT2D eigenvalue weighted by Crippen LogP contribution is 2.25. The van der Waals surface area contributed by atoms with Gasteiger partial charge in [-0.1, -0.05) is 22.9 Å². The molecule has 0 saturated carbocycles. The summed E-state index contributed by atoms with van der Waals surface area (Å²) in [7, 11) is 0. The van der Waals surface area contributed by atoms with E-state index < -0.39 is 0 Å². The fourth-order valence-electron chi connectivity index (χ4n) is 2.72. The zero-order valence-corrected chi connectivity index (χ0v) is 13.5. The van der Waals surface area contributed by atoms with Crippen molar-refractivity contribution in [2.45, 2.75) is 33.1 Å².